The number of likely N-dealkylation sites (N-methyl/N-ethyl adjacent to an activating group) is 1. The van der Waals surface area contributed by atoms with Gasteiger partial charge in [-0.2, -0.15) is 0 Å². The zero-order valence-corrected chi connectivity index (χ0v) is 12.5. The summed E-state index contributed by atoms with van der Waals surface area (Å²) in [4.78, 5) is 13.9. The van der Waals surface area contributed by atoms with Crippen molar-refractivity contribution >= 4 is 5.97 Å². The summed E-state index contributed by atoms with van der Waals surface area (Å²) in [7, 11) is 4.25. The fraction of sp³-hybridized carbons (Fsp3) is 0.929. The number of rotatable bonds is 5. The third-order valence-electron chi connectivity index (χ3n) is 3.63. The Balaban J connectivity index is 2.34. The number of hydrogen-bond donors (Lipinski definition) is 1. The molecular weight excluding hydrogens is 228 g/mol. The van der Waals surface area contributed by atoms with Gasteiger partial charge in [-0.25, -0.2) is 0 Å². The van der Waals surface area contributed by atoms with Crippen LogP contribution >= 0.6 is 0 Å². The Morgan fingerprint density at radius 1 is 1.28 bits per heavy atom. The Morgan fingerprint density at radius 2 is 1.83 bits per heavy atom. The highest BCUT2D eigenvalue weighted by molar-refractivity contribution is 5.72. The SMILES string of the molecule is CN(C)C1(CNCC(=O)OC(C)(C)C)CCCC1. The minimum atomic E-state index is -0.397. The highest BCUT2D eigenvalue weighted by Crippen LogP contribution is 2.32. The molecule has 1 saturated carbocycles. The summed E-state index contributed by atoms with van der Waals surface area (Å²) in [5.41, 5.74) is -0.173. The summed E-state index contributed by atoms with van der Waals surface area (Å²) >= 11 is 0. The van der Waals surface area contributed by atoms with E-state index in [2.05, 4.69) is 24.3 Å². The number of esters is 1. The van der Waals surface area contributed by atoms with Crippen molar-refractivity contribution in [2.45, 2.75) is 57.6 Å². The van der Waals surface area contributed by atoms with Crippen LogP contribution < -0.4 is 5.32 Å². The molecule has 1 rings (SSSR count). The predicted molar refractivity (Wildman–Crippen MR) is 73.6 cm³/mol. The second-order valence-corrected chi connectivity index (χ2v) is 6.52. The lowest BCUT2D eigenvalue weighted by atomic mass is 9.96. The Bertz CT molecular complexity index is 276. The Kier molecular flexibility index (Phi) is 5.17. The number of carbonyl (C=O) groups is 1. The standard InChI is InChI=1S/C14H28N2O2/c1-13(2,3)18-12(17)10-15-11-14(16(4)5)8-6-7-9-14/h15H,6-11H2,1-5H3. The largest absolute Gasteiger partial charge is 0.459 e. The molecule has 0 unspecified atom stereocenters. The highest BCUT2D eigenvalue weighted by atomic mass is 16.6. The molecule has 0 bridgehead atoms. The van der Waals surface area contributed by atoms with Gasteiger partial charge >= 0.3 is 5.97 Å². The van der Waals surface area contributed by atoms with Crippen LogP contribution in [0.2, 0.25) is 0 Å². The van der Waals surface area contributed by atoms with E-state index in [0.29, 0.717) is 6.54 Å². The fourth-order valence-corrected chi connectivity index (χ4v) is 2.59. The third kappa shape index (κ3) is 4.58. The maximum absolute atomic E-state index is 11.6. The summed E-state index contributed by atoms with van der Waals surface area (Å²) in [5.74, 6) is -0.172. The molecule has 1 aliphatic carbocycles. The van der Waals surface area contributed by atoms with Crippen LogP contribution in [0.15, 0.2) is 0 Å². The van der Waals surface area contributed by atoms with E-state index in [-0.39, 0.29) is 11.5 Å². The van der Waals surface area contributed by atoms with Crippen LogP contribution in [-0.2, 0) is 9.53 Å². The van der Waals surface area contributed by atoms with Crippen LogP contribution in [0.4, 0.5) is 0 Å². The van der Waals surface area contributed by atoms with Crippen molar-refractivity contribution in [3.05, 3.63) is 0 Å². The van der Waals surface area contributed by atoms with Crippen LogP contribution in [0, 0.1) is 0 Å². The molecule has 0 aliphatic heterocycles. The van der Waals surface area contributed by atoms with Gasteiger partial charge in [-0.1, -0.05) is 12.8 Å². The molecule has 106 valence electrons. The van der Waals surface area contributed by atoms with E-state index >= 15 is 0 Å². The number of carbonyl (C=O) groups excluding carboxylic acids is 1. The maximum Gasteiger partial charge on any atom is 0.320 e. The topological polar surface area (TPSA) is 41.6 Å². The Labute approximate surface area is 111 Å². The average molecular weight is 256 g/mol. The lowest BCUT2D eigenvalue weighted by molar-refractivity contribution is -0.153. The summed E-state index contributed by atoms with van der Waals surface area (Å²) in [6.45, 7) is 6.83. The quantitative estimate of drug-likeness (QED) is 0.762. The molecule has 18 heavy (non-hydrogen) atoms. The molecule has 0 aromatic heterocycles. The lowest BCUT2D eigenvalue weighted by Gasteiger charge is -2.36. The molecule has 4 heteroatoms. The van der Waals surface area contributed by atoms with E-state index < -0.39 is 5.60 Å². The van der Waals surface area contributed by atoms with Crippen molar-refractivity contribution in [2.24, 2.45) is 0 Å². The zero-order valence-electron chi connectivity index (χ0n) is 12.5. The average Bonchev–Trinajstić information content (AvgIpc) is 2.64. The van der Waals surface area contributed by atoms with Crippen LogP contribution in [0.25, 0.3) is 0 Å². The monoisotopic (exact) mass is 256 g/mol. The van der Waals surface area contributed by atoms with E-state index in [9.17, 15) is 4.79 Å². The van der Waals surface area contributed by atoms with Crippen LogP contribution in [0.5, 0.6) is 0 Å². The van der Waals surface area contributed by atoms with Crippen molar-refractivity contribution in [1.82, 2.24) is 10.2 Å². The normalized spacial score (nSPS) is 19.2. The first-order valence-corrected chi connectivity index (χ1v) is 6.85. The van der Waals surface area contributed by atoms with E-state index in [1.165, 1.54) is 25.7 Å². The molecule has 0 amide bonds. The van der Waals surface area contributed by atoms with Crippen LogP contribution in [0.3, 0.4) is 0 Å². The number of nitrogens with one attached hydrogen (secondary N) is 1. The molecule has 0 spiro atoms. The van der Waals surface area contributed by atoms with Gasteiger partial charge in [-0.15, -0.1) is 0 Å². The van der Waals surface area contributed by atoms with Gasteiger partial charge in [0.1, 0.15) is 5.60 Å². The fourth-order valence-electron chi connectivity index (χ4n) is 2.59. The summed E-state index contributed by atoms with van der Waals surface area (Å²) in [6, 6.07) is 0. The first kappa shape index (κ1) is 15.4. The van der Waals surface area contributed by atoms with Crippen molar-refractivity contribution in [3.8, 4) is 0 Å². The summed E-state index contributed by atoms with van der Waals surface area (Å²) in [6.07, 6.45) is 4.99. The van der Waals surface area contributed by atoms with Crippen molar-refractivity contribution < 1.29 is 9.53 Å². The van der Waals surface area contributed by atoms with Gasteiger partial charge in [0.15, 0.2) is 0 Å². The van der Waals surface area contributed by atoms with Crippen molar-refractivity contribution in [3.63, 3.8) is 0 Å². The first-order valence-electron chi connectivity index (χ1n) is 6.85. The van der Waals surface area contributed by atoms with E-state index in [1.54, 1.807) is 0 Å². The Morgan fingerprint density at radius 3 is 2.28 bits per heavy atom. The van der Waals surface area contributed by atoms with E-state index in [1.807, 2.05) is 20.8 Å². The van der Waals surface area contributed by atoms with Crippen LogP contribution in [0.1, 0.15) is 46.5 Å². The van der Waals surface area contributed by atoms with Gasteiger partial charge in [-0.05, 0) is 47.7 Å². The van der Waals surface area contributed by atoms with E-state index in [4.69, 9.17) is 4.74 Å². The molecule has 0 saturated heterocycles. The van der Waals surface area contributed by atoms with Gasteiger partial charge in [0.25, 0.3) is 0 Å². The molecule has 0 heterocycles. The van der Waals surface area contributed by atoms with Gasteiger partial charge in [0.05, 0.1) is 6.54 Å². The maximum atomic E-state index is 11.6. The van der Waals surface area contributed by atoms with Crippen molar-refractivity contribution in [2.75, 3.05) is 27.2 Å². The number of hydrogen-bond acceptors (Lipinski definition) is 4. The second kappa shape index (κ2) is 6.02. The summed E-state index contributed by atoms with van der Waals surface area (Å²) in [5, 5.41) is 3.26. The minimum absolute atomic E-state index is 0.172. The van der Waals surface area contributed by atoms with Gasteiger partial charge in [0.2, 0.25) is 0 Å². The molecule has 1 aliphatic rings. The molecule has 0 atom stereocenters. The van der Waals surface area contributed by atoms with Crippen LogP contribution in [-0.4, -0.2) is 49.2 Å². The molecule has 0 aromatic rings. The molecule has 0 radical (unpaired) electrons. The van der Waals surface area contributed by atoms with Crippen molar-refractivity contribution in [1.29, 1.82) is 0 Å². The highest BCUT2D eigenvalue weighted by Gasteiger charge is 2.35. The van der Waals surface area contributed by atoms with E-state index in [0.717, 1.165) is 6.54 Å². The predicted octanol–water partition coefficient (Wildman–Crippen LogP) is 1.79. The molecule has 1 fully saturated rings. The minimum Gasteiger partial charge on any atom is -0.459 e. The van der Waals surface area contributed by atoms with Gasteiger partial charge in [-0.3, -0.25) is 4.79 Å². The second-order valence-electron chi connectivity index (χ2n) is 6.52. The molecule has 4 nitrogen and oxygen atoms in total. The molecule has 1 N–H and O–H groups in total. The third-order valence-corrected chi connectivity index (χ3v) is 3.63. The molecular formula is C14H28N2O2. The summed E-state index contributed by atoms with van der Waals surface area (Å²) < 4.78 is 5.28. The smallest absolute Gasteiger partial charge is 0.320 e. The van der Waals surface area contributed by atoms with Gasteiger partial charge in [0, 0.05) is 12.1 Å². The number of ether oxygens (including phenoxy) is 1. The molecule has 0 aromatic carbocycles. The number of nitrogens with zero attached hydrogens (tertiary/aromatic N) is 1. The zero-order chi connectivity index (χ0) is 13.8. The van der Waals surface area contributed by atoms with Gasteiger partial charge < -0.3 is 15.0 Å². The first-order chi connectivity index (χ1) is 8.25. The lowest BCUT2D eigenvalue weighted by Crippen LogP contribution is -2.50. The Hall–Kier alpha value is -0.610.